The second-order valence-corrected chi connectivity index (χ2v) is 4.33. The Bertz CT molecular complexity index is 315. The predicted octanol–water partition coefficient (Wildman–Crippen LogP) is 3.00. The van der Waals surface area contributed by atoms with E-state index in [0.717, 1.165) is 13.0 Å². The molecule has 1 aromatic heterocycles. The van der Waals surface area contributed by atoms with Crippen molar-refractivity contribution in [1.29, 1.82) is 0 Å². The average Bonchev–Trinajstić information content (AvgIpc) is 2.39. The summed E-state index contributed by atoms with van der Waals surface area (Å²) in [6, 6.07) is 0. The molecule has 2 heterocycles. The van der Waals surface area contributed by atoms with Crippen molar-refractivity contribution in [3.05, 3.63) is 16.7 Å². The zero-order chi connectivity index (χ0) is 9.42. The monoisotopic (exact) mass is 198 g/mol. The molecule has 2 nitrogen and oxygen atoms in total. The summed E-state index contributed by atoms with van der Waals surface area (Å²) in [5.41, 5.74) is 1.22. The van der Waals surface area contributed by atoms with Gasteiger partial charge in [0.25, 0.3) is 0 Å². The van der Waals surface area contributed by atoms with E-state index in [-0.39, 0.29) is 0 Å². The molecule has 0 spiro atoms. The van der Waals surface area contributed by atoms with Gasteiger partial charge in [-0.2, -0.15) is 0 Å². The van der Waals surface area contributed by atoms with Crippen LogP contribution in [0.4, 0.5) is 0 Å². The van der Waals surface area contributed by atoms with E-state index < -0.39 is 0 Å². The normalized spacial score (nSPS) is 16.3. The van der Waals surface area contributed by atoms with Crippen LogP contribution in [0, 0.1) is 0 Å². The van der Waals surface area contributed by atoms with E-state index in [0.29, 0.717) is 11.1 Å². The molecule has 1 aliphatic heterocycles. The van der Waals surface area contributed by atoms with Crippen LogP contribution in [0.25, 0.3) is 0 Å². The first-order valence-electron chi connectivity index (χ1n) is 4.95. The summed E-state index contributed by atoms with van der Waals surface area (Å²) in [7, 11) is 0. The van der Waals surface area contributed by atoms with Crippen LogP contribution in [0.15, 0.2) is 0 Å². The molecule has 1 aromatic rings. The van der Waals surface area contributed by atoms with Crippen molar-refractivity contribution < 1.29 is 0 Å². The van der Waals surface area contributed by atoms with Gasteiger partial charge in [0.2, 0.25) is 0 Å². The lowest BCUT2D eigenvalue weighted by molar-refractivity contribution is 0.501. The van der Waals surface area contributed by atoms with Crippen molar-refractivity contribution in [1.82, 2.24) is 9.55 Å². The van der Waals surface area contributed by atoms with E-state index in [1.54, 1.807) is 0 Å². The van der Waals surface area contributed by atoms with E-state index in [2.05, 4.69) is 23.4 Å². The minimum atomic E-state index is 0.479. The molecular weight excluding hydrogens is 184 g/mol. The number of hydrogen-bond acceptors (Lipinski definition) is 1. The van der Waals surface area contributed by atoms with Crippen molar-refractivity contribution >= 4 is 11.6 Å². The van der Waals surface area contributed by atoms with Gasteiger partial charge in [0, 0.05) is 13.0 Å². The first kappa shape index (κ1) is 9.07. The molecular formula is C10H15ClN2. The van der Waals surface area contributed by atoms with Gasteiger partial charge in [-0.15, -0.1) is 0 Å². The number of aromatic nitrogens is 2. The average molecular weight is 199 g/mol. The Kier molecular flexibility index (Phi) is 2.33. The van der Waals surface area contributed by atoms with Crippen molar-refractivity contribution in [3.8, 4) is 0 Å². The Morgan fingerprint density at radius 1 is 1.38 bits per heavy atom. The molecule has 0 unspecified atom stereocenters. The minimum absolute atomic E-state index is 0.479. The van der Waals surface area contributed by atoms with Gasteiger partial charge in [-0.05, 0) is 18.8 Å². The highest BCUT2D eigenvalue weighted by molar-refractivity contribution is 6.30. The van der Waals surface area contributed by atoms with Crippen LogP contribution in [0.3, 0.4) is 0 Å². The second kappa shape index (κ2) is 3.33. The van der Waals surface area contributed by atoms with Crippen LogP contribution in [-0.4, -0.2) is 9.55 Å². The molecule has 0 aromatic carbocycles. The molecule has 0 radical (unpaired) electrons. The van der Waals surface area contributed by atoms with E-state index in [4.69, 9.17) is 11.6 Å². The van der Waals surface area contributed by atoms with Gasteiger partial charge in [0.1, 0.15) is 5.82 Å². The number of halogens is 1. The van der Waals surface area contributed by atoms with Gasteiger partial charge in [-0.25, -0.2) is 4.98 Å². The lowest BCUT2D eigenvalue weighted by Crippen LogP contribution is -2.13. The smallest absolute Gasteiger partial charge is 0.150 e. The van der Waals surface area contributed by atoms with Crippen LogP contribution in [0.1, 0.15) is 44.1 Å². The minimum Gasteiger partial charge on any atom is -0.330 e. The van der Waals surface area contributed by atoms with Crippen LogP contribution in [-0.2, 0) is 13.0 Å². The Balaban J connectivity index is 2.48. The summed E-state index contributed by atoms with van der Waals surface area (Å²) in [4.78, 5) is 4.40. The molecule has 0 bridgehead atoms. The Morgan fingerprint density at radius 3 is 2.85 bits per heavy atom. The molecule has 0 amide bonds. The molecule has 0 saturated heterocycles. The number of imidazole rings is 1. The summed E-state index contributed by atoms with van der Waals surface area (Å²) in [6.45, 7) is 5.44. The van der Waals surface area contributed by atoms with Gasteiger partial charge < -0.3 is 4.57 Å². The van der Waals surface area contributed by atoms with E-state index in [1.807, 2.05) is 0 Å². The van der Waals surface area contributed by atoms with Crippen LogP contribution >= 0.6 is 11.6 Å². The van der Waals surface area contributed by atoms with Gasteiger partial charge in [-0.3, -0.25) is 0 Å². The van der Waals surface area contributed by atoms with Crippen LogP contribution in [0.5, 0.6) is 0 Å². The number of nitrogens with zero attached hydrogens (tertiary/aromatic N) is 2. The third-order valence-electron chi connectivity index (χ3n) is 2.62. The zero-order valence-electron chi connectivity index (χ0n) is 8.18. The molecule has 0 aliphatic carbocycles. The van der Waals surface area contributed by atoms with E-state index in [9.17, 15) is 0 Å². The fourth-order valence-electron chi connectivity index (χ4n) is 2.02. The first-order valence-corrected chi connectivity index (χ1v) is 5.32. The standard InChI is InChI=1S/C10H15ClN2/c1-7(2)9-10(11)12-8-5-3-4-6-13(8)9/h7H,3-6H2,1-2H3. The van der Waals surface area contributed by atoms with Crippen LogP contribution < -0.4 is 0 Å². The van der Waals surface area contributed by atoms with Gasteiger partial charge in [0.05, 0.1) is 5.69 Å². The van der Waals surface area contributed by atoms with E-state index >= 15 is 0 Å². The third-order valence-corrected chi connectivity index (χ3v) is 2.90. The second-order valence-electron chi connectivity index (χ2n) is 3.97. The Hall–Kier alpha value is -0.500. The first-order chi connectivity index (χ1) is 6.20. The van der Waals surface area contributed by atoms with Crippen LogP contribution in [0.2, 0.25) is 5.15 Å². The molecule has 72 valence electrons. The van der Waals surface area contributed by atoms with E-state index in [1.165, 1.54) is 24.4 Å². The van der Waals surface area contributed by atoms with Crippen molar-refractivity contribution in [3.63, 3.8) is 0 Å². The molecule has 3 heteroatoms. The topological polar surface area (TPSA) is 17.8 Å². The molecule has 0 atom stereocenters. The van der Waals surface area contributed by atoms with Crippen molar-refractivity contribution in [2.75, 3.05) is 0 Å². The fraction of sp³-hybridized carbons (Fsp3) is 0.700. The maximum absolute atomic E-state index is 6.10. The summed E-state index contributed by atoms with van der Waals surface area (Å²) < 4.78 is 2.30. The lowest BCUT2D eigenvalue weighted by Gasteiger charge is -2.17. The summed E-state index contributed by atoms with van der Waals surface area (Å²) in [5.74, 6) is 1.66. The molecule has 2 rings (SSSR count). The quantitative estimate of drug-likeness (QED) is 0.679. The Labute approximate surface area is 83.9 Å². The number of aryl methyl sites for hydroxylation is 1. The lowest BCUT2D eigenvalue weighted by atomic mass is 10.1. The number of rotatable bonds is 1. The summed E-state index contributed by atoms with van der Waals surface area (Å²) >= 11 is 6.10. The molecule has 13 heavy (non-hydrogen) atoms. The number of fused-ring (bicyclic) bond motifs is 1. The SMILES string of the molecule is CC(C)c1c(Cl)nc2n1CCCC2. The van der Waals surface area contributed by atoms with Crippen molar-refractivity contribution in [2.45, 2.75) is 45.6 Å². The highest BCUT2D eigenvalue weighted by Gasteiger charge is 2.19. The Morgan fingerprint density at radius 2 is 2.15 bits per heavy atom. The number of hydrogen-bond donors (Lipinski definition) is 0. The highest BCUT2D eigenvalue weighted by Crippen LogP contribution is 2.28. The predicted molar refractivity (Wildman–Crippen MR) is 54.3 cm³/mol. The summed E-state index contributed by atoms with van der Waals surface area (Å²) in [6.07, 6.45) is 3.61. The van der Waals surface area contributed by atoms with Gasteiger partial charge in [0.15, 0.2) is 5.15 Å². The molecule has 1 aliphatic rings. The molecule has 0 saturated carbocycles. The van der Waals surface area contributed by atoms with Gasteiger partial charge in [-0.1, -0.05) is 25.4 Å². The largest absolute Gasteiger partial charge is 0.330 e. The van der Waals surface area contributed by atoms with Crippen molar-refractivity contribution in [2.24, 2.45) is 0 Å². The molecule has 0 N–H and O–H groups in total. The third kappa shape index (κ3) is 1.48. The maximum Gasteiger partial charge on any atom is 0.150 e. The summed E-state index contributed by atoms with van der Waals surface area (Å²) in [5, 5.41) is 0.715. The molecule has 0 fully saturated rings. The maximum atomic E-state index is 6.10. The van der Waals surface area contributed by atoms with Gasteiger partial charge >= 0.3 is 0 Å². The highest BCUT2D eigenvalue weighted by atomic mass is 35.5. The fourth-order valence-corrected chi connectivity index (χ4v) is 2.44. The zero-order valence-corrected chi connectivity index (χ0v) is 8.93.